The first-order valence-electron chi connectivity index (χ1n) is 15.8. The Bertz CT molecular complexity index is 1670. The molecule has 0 saturated carbocycles. The van der Waals surface area contributed by atoms with Crippen molar-refractivity contribution in [1.29, 1.82) is 0 Å². The van der Waals surface area contributed by atoms with Crippen molar-refractivity contribution in [1.82, 2.24) is 0 Å². The number of benzene rings is 4. The lowest BCUT2D eigenvalue weighted by Gasteiger charge is -2.20. The van der Waals surface area contributed by atoms with Gasteiger partial charge < -0.3 is 43.7 Å². The first kappa shape index (κ1) is 34.9. The predicted molar refractivity (Wildman–Crippen MR) is 183 cm³/mol. The van der Waals surface area contributed by atoms with Crippen molar-refractivity contribution in [3.05, 3.63) is 70.8 Å². The van der Waals surface area contributed by atoms with Gasteiger partial charge in [0.05, 0.1) is 35.5 Å². The van der Waals surface area contributed by atoms with Crippen LogP contribution in [0.3, 0.4) is 0 Å². The molecule has 252 valence electrons. The van der Waals surface area contributed by atoms with Gasteiger partial charge in [-0.25, -0.2) is 0 Å². The lowest BCUT2D eigenvalue weighted by Crippen LogP contribution is -2.02. The van der Waals surface area contributed by atoms with E-state index >= 15 is 0 Å². The van der Waals surface area contributed by atoms with Gasteiger partial charge in [0.2, 0.25) is 11.5 Å². The van der Waals surface area contributed by atoms with Gasteiger partial charge in [0.15, 0.2) is 46.0 Å². The molecular formula is C38H46O9. The van der Waals surface area contributed by atoms with E-state index in [-0.39, 0.29) is 40.4 Å². The second-order valence-corrected chi connectivity index (χ2v) is 11.5. The molecule has 0 aliphatic rings. The standard InChI is InChI=1S/C38H46O9/c1-9-11-23-14-27(35(39)29(15-23)42-4)28-20-26(21-31(44-6)36(28)40)22(3)13-25-18-30(43-5)37(41)32(19-25)47-38-33(45-7)16-24(12-10-2)17-34(38)46-8/h14-22,39-41H,9-13H2,1-8H3. The molecule has 1 atom stereocenters. The fourth-order valence-electron chi connectivity index (χ4n) is 5.77. The average Bonchev–Trinajstić information content (AvgIpc) is 3.07. The molecule has 9 nitrogen and oxygen atoms in total. The molecule has 4 aromatic rings. The molecule has 0 aliphatic heterocycles. The molecule has 0 saturated heterocycles. The highest BCUT2D eigenvalue weighted by Gasteiger charge is 2.23. The van der Waals surface area contributed by atoms with Crippen molar-refractivity contribution >= 4 is 0 Å². The van der Waals surface area contributed by atoms with Crippen molar-refractivity contribution in [2.45, 2.75) is 58.8 Å². The van der Waals surface area contributed by atoms with Gasteiger partial charge in [-0.1, -0.05) is 33.6 Å². The molecule has 0 fully saturated rings. The molecule has 47 heavy (non-hydrogen) atoms. The van der Waals surface area contributed by atoms with Crippen LogP contribution in [0.1, 0.15) is 61.8 Å². The highest BCUT2D eigenvalue weighted by atomic mass is 16.5. The summed E-state index contributed by atoms with van der Waals surface area (Å²) in [5.74, 6) is 1.94. The van der Waals surface area contributed by atoms with E-state index in [1.165, 1.54) is 21.3 Å². The maximum Gasteiger partial charge on any atom is 0.211 e. The zero-order valence-corrected chi connectivity index (χ0v) is 28.5. The maximum atomic E-state index is 11.2. The summed E-state index contributed by atoms with van der Waals surface area (Å²) in [6.07, 6.45) is 4.01. The van der Waals surface area contributed by atoms with Gasteiger partial charge >= 0.3 is 0 Å². The summed E-state index contributed by atoms with van der Waals surface area (Å²) in [4.78, 5) is 0. The molecule has 9 heteroatoms. The highest BCUT2D eigenvalue weighted by Crippen LogP contribution is 2.49. The van der Waals surface area contributed by atoms with Crippen LogP contribution in [0.25, 0.3) is 11.1 Å². The largest absolute Gasteiger partial charge is 0.504 e. The summed E-state index contributed by atoms with van der Waals surface area (Å²) in [5.41, 5.74) is 4.59. The Balaban J connectivity index is 1.76. The van der Waals surface area contributed by atoms with Gasteiger partial charge in [0, 0.05) is 11.1 Å². The van der Waals surface area contributed by atoms with Crippen LogP contribution in [0.5, 0.6) is 57.5 Å². The van der Waals surface area contributed by atoms with Crippen LogP contribution in [-0.2, 0) is 19.3 Å². The SMILES string of the molecule is CCCc1cc(OC)c(Oc2cc(CC(C)c3cc(OC)c(O)c(-c4cc(CCC)cc(OC)c4O)c3)cc(OC)c2O)c(OC)c1. The summed E-state index contributed by atoms with van der Waals surface area (Å²) >= 11 is 0. The highest BCUT2D eigenvalue weighted by molar-refractivity contribution is 5.81. The zero-order valence-electron chi connectivity index (χ0n) is 28.5. The van der Waals surface area contributed by atoms with Crippen LogP contribution in [0.4, 0.5) is 0 Å². The van der Waals surface area contributed by atoms with E-state index in [0.29, 0.717) is 40.5 Å². The van der Waals surface area contributed by atoms with Crippen molar-refractivity contribution in [2.75, 3.05) is 35.5 Å². The van der Waals surface area contributed by atoms with Gasteiger partial charge in [-0.2, -0.15) is 0 Å². The van der Waals surface area contributed by atoms with Crippen molar-refractivity contribution in [3.63, 3.8) is 0 Å². The third-order valence-electron chi connectivity index (χ3n) is 8.20. The Kier molecular flexibility index (Phi) is 11.6. The summed E-state index contributed by atoms with van der Waals surface area (Å²) in [6, 6.07) is 14.7. The average molecular weight is 647 g/mol. The van der Waals surface area contributed by atoms with E-state index in [0.717, 1.165) is 47.9 Å². The van der Waals surface area contributed by atoms with Crippen LogP contribution < -0.4 is 28.4 Å². The first-order valence-corrected chi connectivity index (χ1v) is 15.8. The van der Waals surface area contributed by atoms with Gasteiger partial charge in [0.1, 0.15) is 0 Å². The molecular weight excluding hydrogens is 600 g/mol. The fraction of sp³-hybridized carbons (Fsp3) is 0.368. The lowest BCUT2D eigenvalue weighted by molar-refractivity contribution is 0.326. The number of methoxy groups -OCH3 is 5. The molecule has 0 bridgehead atoms. The van der Waals surface area contributed by atoms with Crippen LogP contribution in [-0.4, -0.2) is 50.9 Å². The Labute approximate surface area is 277 Å². The van der Waals surface area contributed by atoms with Gasteiger partial charge in [0.25, 0.3) is 0 Å². The zero-order chi connectivity index (χ0) is 34.2. The summed E-state index contributed by atoms with van der Waals surface area (Å²) in [6.45, 7) is 6.22. The van der Waals surface area contributed by atoms with Crippen LogP contribution >= 0.6 is 0 Å². The summed E-state index contributed by atoms with van der Waals surface area (Å²) in [7, 11) is 7.60. The molecule has 0 spiro atoms. The number of phenolic OH excluding ortho intramolecular Hbond substituents is 3. The molecule has 3 N–H and O–H groups in total. The topological polar surface area (TPSA) is 116 Å². The number of ether oxygens (including phenoxy) is 6. The summed E-state index contributed by atoms with van der Waals surface area (Å²) in [5, 5.41) is 33.4. The number of aryl methyl sites for hydroxylation is 2. The second kappa shape index (κ2) is 15.6. The van der Waals surface area contributed by atoms with Crippen LogP contribution in [0.2, 0.25) is 0 Å². The Morgan fingerprint density at radius 1 is 0.511 bits per heavy atom. The number of rotatable bonds is 15. The van der Waals surface area contributed by atoms with Crippen molar-refractivity contribution in [2.24, 2.45) is 0 Å². The quantitative estimate of drug-likeness (QED) is 0.117. The Morgan fingerprint density at radius 3 is 1.47 bits per heavy atom. The minimum atomic E-state index is -0.157. The van der Waals surface area contributed by atoms with Crippen LogP contribution in [0, 0.1) is 0 Å². The first-order chi connectivity index (χ1) is 22.6. The molecule has 0 aromatic heterocycles. The van der Waals surface area contributed by atoms with Crippen molar-refractivity contribution in [3.8, 4) is 68.6 Å². The second-order valence-electron chi connectivity index (χ2n) is 11.5. The molecule has 0 heterocycles. The number of hydrogen-bond donors (Lipinski definition) is 3. The molecule has 0 amide bonds. The normalized spacial score (nSPS) is 11.6. The number of aromatic hydroxyl groups is 3. The van der Waals surface area contributed by atoms with Gasteiger partial charge in [-0.3, -0.25) is 0 Å². The minimum Gasteiger partial charge on any atom is -0.504 e. The number of phenols is 3. The van der Waals surface area contributed by atoms with Crippen molar-refractivity contribution < 1.29 is 43.7 Å². The van der Waals surface area contributed by atoms with E-state index in [1.807, 2.05) is 37.3 Å². The van der Waals surface area contributed by atoms with Gasteiger partial charge in [-0.05, 0) is 96.0 Å². The third kappa shape index (κ3) is 7.56. The Hall–Kier alpha value is -4.92. The monoisotopic (exact) mass is 646 g/mol. The lowest BCUT2D eigenvalue weighted by atomic mass is 9.89. The van der Waals surface area contributed by atoms with Crippen LogP contribution in [0.15, 0.2) is 48.5 Å². The molecule has 4 rings (SSSR count). The fourth-order valence-corrected chi connectivity index (χ4v) is 5.77. The third-order valence-corrected chi connectivity index (χ3v) is 8.20. The van der Waals surface area contributed by atoms with E-state index in [4.69, 9.17) is 28.4 Å². The van der Waals surface area contributed by atoms with E-state index in [2.05, 4.69) is 13.8 Å². The van der Waals surface area contributed by atoms with Gasteiger partial charge in [-0.15, -0.1) is 0 Å². The molecule has 0 aliphatic carbocycles. The maximum absolute atomic E-state index is 11.2. The predicted octanol–water partition coefficient (Wildman–Crippen LogP) is 8.56. The summed E-state index contributed by atoms with van der Waals surface area (Å²) < 4.78 is 34.1. The Morgan fingerprint density at radius 2 is 0.936 bits per heavy atom. The van der Waals surface area contributed by atoms with E-state index in [9.17, 15) is 15.3 Å². The van der Waals surface area contributed by atoms with E-state index in [1.54, 1.807) is 32.4 Å². The number of hydrogen-bond acceptors (Lipinski definition) is 9. The smallest absolute Gasteiger partial charge is 0.211 e. The molecule has 0 radical (unpaired) electrons. The van der Waals surface area contributed by atoms with E-state index < -0.39 is 0 Å². The molecule has 1 unspecified atom stereocenters. The minimum absolute atomic E-state index is 0.0619. The molecule has 4 aromatic carbocycles.